The Balaban J connectivity index is 2.38. The van der Waals surface area contributed by atoms with Crippen LogP contribution in [0.5, 0.6) is 5.75 Å². The summed E-state index contributed by atoms with van der Waals surface area (Å²) in [5.74, 6) is -0.902. The maximum atomic E-state index is 11.8. The number of esters is 1. The van der Waals surface area contributed by atoms with Gasteiger partial charge in [-0.25, -0.2) is 0 Å². The lowest BCUT2D eigenvalue weighted by molar-refractivity contribution is -0.140. The summed E-state index contributed by atoms with van der Waals surface area (Å²) in [5, 5.41) is 10.6. The smallest absolute Gasteiger partial charge is 0.466 e. The van der Waals surface area contributed by atoms with Gasteiger partial charge in [0.2, 0.25) is 0 Å². The van der Waals surface area contributed by atoms with Crippen molar-refractivity contribution in [2.24, 2.45) is 0 Å². The van der Waals surface area contributed by atoms with Crippen LogP contribution in [-0.4, -0.2) is 36.5 Å². The highest BCUT2D eigenvalue weighted by Gasteiger charge is 2.54. The van der Waals surface area contributed by atoms with E-state index in [0.717, 1.165) is 0 Å². The molecule has 126 valence electrons. The molecule has 0 saturated carbocycles. The third-order valence-electron chi connectivity index (χ3n) is 4.61. The fraction of sp³-hybridized carbons (Fsp3) is 0.562. The number of halogens is 1. The number of phenolic OH excluding ortho intramolecular Hbond substituents is 1. The van der Waals surface area contributed by atoms with E-state index in [0.29, 0.717) is 10.6 Å². The van der Waals surface area contributed by atoms with E-state index in [9.17, 15) is 9.90 Å². The molecule has 0 spiro atoms. The van der Waals surface area contributed by atoms with E-state index in [2.05, 4.69) is 0 Å². The molecule has 1 fully saturated rings. The van der Waals surface area contributed by atoms with Crippen LogP contribution in [0.1, 0.15) is 45.5 Å². The Kier molecular flexibility index (Phi) is 4.99. The number of benzene rings is 1. The highest BCUT2D eigenvalue weighted by molar-refractivity contribution is 6.48. The maximum absolute atomic E-state index is 11.8. The summed E-state index contributed by atoms with van der Waals surface area (Å²) < 4.78 is 16.8. The third kappa shape index (κ3) is 3.65. The molecule has 1 aromatic carbocycles. The van der Waals surface area contributed by atoms with Gasteiger partial charge in [0.1, 0.15) is 5.75 Å². The van der Waals surface area contributed by atoms with Crippen LogP contribution in [0.4, 0.5) is 0 Å². The van der Waals surface area contributed by atoms with Gasteiger partial charge in [-0.3, -0.25) is 4.79 Å². The Morgan fingerprint density at radius 1 is 1.30 bits per heavy atom. The van der Waals surface area contributed by atoms with Gasteiger partial charge in [0, 0.05) is 10.8 Å². The van der Waals surface area contributed by atoms with E-state index in [1.165, 1.54) is 13.2 Å². The number of carbonyl (C=O) groups is 1. The summed E-state index contributed by atoms with van der Waals surface area (Å²) in [5.41, 5.74) is -0.527. The number of phenols is 1. The average Bonchev–Trinajstić information content (AvgIpc) is 2.65. The largest absolute Gasteiger partial charge is 0.508 e. The summed E-state index contributed by atoms with van der Waals surface area (Å²) in [7, 11) is 0.650. The third-order valence-corrected chi connectivity index (χ3v) is 4.84. The van der Waals surface area contributed by atoms with Crippen LogP contribution in [-0.2, 0) is 18.8 Å². The SMILES string of the molecule is COC(=O)CC(B1OC(C)(C)C(C)(C)O1)c1ccc(Cl)cc1O. The number of hydrogen-bond acceptors (Lipinski definition) is 5. The van der Waals surface area contributed by atoms with Crippen molar-refractivity contribution in [1.29, 1.82) is 0 Å². The first kappa shape index (κ1) is 18.1. The van der Waals surface area contributed by atoms with Crippen LogP contribution in [0.3, 0.4) is 0 Å². The minimum atomic E-state index is -0.675. The van der Waals surface area contributed by atoms with Gasteiger partial charge >= 0.3 is 13.1 Å². The van der Waals surface area contributed by atoms with Crippen molar-refractivity contribution in [3.8, 4) is 5.75 Å². The summed E-state index contributed by atoms with van der Waals surface area (Å²) in [6.45, 7) is 7.74. The summed E-state index contributed by atoms with van der Waals surface area (Å²) in [6.07, 6.45) is 0.0303. The Labute approximate surface area is 142 Å². The number of aromatic hydroxyl groups is 1. The van der Waals surface area contributed by atoms with Gasteiger partial charge in [-0.05, 0) is 45.4 Å². The van der Waals surface area contributed by atoms with Gasteiger partial charge < -0.3 is 19.2 Å². The fourth-order valence-electron chi connectivity index (χ4n) is 2.50. The van der Waals surface area contributed by atoms with Gasteiger partial charge in [0.25, 0.3) is 0 Å². The Morgan fingerprint density at radius 3 is 2.35 bits per heavy atom. The second-order valence-corrected chi connectivity index (χ2v) is 7.15. The minimum Gasteiger partial charge on any atom is -0.508 e. The molecule has 7 heteroatoms. The van der Waals surface area contributed by atoms with Crippen LogP contribution < -0.4 is 0 Å². The van der Waals surface area contributed by atoms with Crippen LogP contribution in [0.25, 0.3) is 0 Å². The second-order valence-electron chi connectivity index (χ2n) is 6.71. The van der Waals surface area contributed by atoms with Crippen molar-refractivity contribution >= 4 is 24.7 Å². The molecule has 1 unspecified atom stereocenters. The molecule has 0 bridgehead atoms. The van der Waals surface area contributed by atoms with E-state index in [-0.39, 0.29) is 12.2 Å². The fourth-order valence-corrected chi connectivity index (χ4v) is 2.67. The summed E-state index contributed by atoms with van der Waals surface area (Å²) in [6, 6.07) is 4.77. The highest BCUT2D eigenvalue weighted by Crippen LogP contribution is 2.43. The monoisotopic (exact) mass is 340 g/mol. The molecule has 0 amide bonds. The molecule has 0 aliphatic carbocycles. The zero-order valence-corrected chi connectivity index (χ0v) is 14.8. The predicted molar refractivity (Wildman–Crippen MR) is 88.6 cm³/mol. The molecular formula is C16H22BClO5. The Hall–Kier alpha value is -1.24. The number of methoxy groups -OCH3 is 1. The molecule has 1 saturated heterocycles. The molecule has 1 aliphatic heterocycles. The molecule has 0 aromatic heterocycles. The number of rotatable bonds is 4. The van der Waals surface area contributed by atoms with E-state index in [4.69, 9.17) is 25.6 Å². The molecule has 2 rings (SSSR count). The van der Waals surface area contributed by atoms with Crippen molar-refractivity contribution in [1.82, 2.24) is 0 Å². The Morgan fingerprint density at radius 2 is 1.87 bits per heavy atom. The maximum Gasteiger partial charge on any atom is 0.466 e. The van der Waals surface area contributed by atoms with Crippen LogP contribution in [0.2, 0.25) is 5.02 Å². The number of carbonyl (C=O) groups excluding carboxylic acids is 1. The number of hydrogen-bond donors (Lipinski definition) is 1. The lowest BCUT2D eigenvalue weighted by Crippen LogP contribution is -2.41. The first-order valence-corrected chi connectivity index (χ1v) is 7.86. The second kappa shape index (κ2) is 6.34. The van der Waals surface area contributed by atoms with Crippen molar-refractivity contribution in [2.75, 3.05) is 7.11 Å². The molecule has 1 atom stereocenters. The van der Waals surface area contributed by atoms with Crippen molar-refractivity contribution in [2.45, 2.75) is 51.1 Å². The van der Waals surface area contributed by atoms with Gasteiger partial charge in [0.05, 0.1) is 24.7 Å². The molecule has 1 aromatic rings. The van der Waals surface area contributed by atoms with E-state index >= 15 is 0 Å². The van der Waals surface area contributed by atoms with Gasteiger partial charge in [0.15, 0.2) is 0 Å². The first-order chi connectivity index (χ1) is 10.6. The van der Waals surface area contributed by atoms with Crippen LogP contribution >= 0.6 is 11.6 Å². The normalized spacial score (nSPS) is 20.3. The Bertz CT molecular complexity index is 586. The predicted octanol–water partition coefficient (Wildman–Crippen LogP) is 3.32. The number of ether oxygens (including phenoxy) is 1. The standard InChI is InChI=1S/C16H22BClO5/c1-15(2)16(3,4)23-17(22-15)12(9-14(20)21-5)11-7-6-10(18)8-13(11)19/h6-8,12,19H,9H2,1-5H3. The molecule has 1 heterocycles. The van der Waals surface area contributed by atoms with Gasteiger partial charge in [-0.1, -0.05) is 17.7 Å². The molecule has 0 radical (unpaired) electrons. The molecule has 23 heavy (non-hydrogen) atoms. The molecule has 5 nitrogen and oxygen atoms in total. The molecule has 1 N–H and O–H groups in total. The van der Waals surface area contributed by atoms with Crippen molar-refractivity contribution < 1.29 is 23.9 Å². The van der Waals surface area contributed by atoms with Crippen molar-refractivity contribution in [3.63, 3.8) is 0 Å². The van der Waals surface area contributed by atoms with E-state index in [1.807, 2.05) is 27.7 Å². The molecule has 1 aliphatic rings. The zero-order valence-electron chi connectivity index (χ0n) is 14.1. The van der Waals surface area contributed by atoms with E-state index < -0.39 is 30.1 Å². The molecular weight excluding hydrogens is 318 g/mol. The first-order valence-electron chi connectivity index (χ1n) is 7.48. The van der Waals surface area contributed by atoms with Gasteiger partial charge in [-0.2, -0.15) is 0 Å². The summed E-state index contributed by atoms with van der Waals surface area (Å²) >= 11 is 5.89. The lowest BCUT2D eigenvalue weighted by Gasteiger charge is -2.32. The van der Waals surface area contributed by atoms with Crippen LogP contribution in [0, 0.1) is 0 Å². The average molecular weight is 341 g/mol. The van der Waals surface area contributed by atoms with Crippen LogP contribution in [0.15, 0.2) is 18.2 Å². The quantitative estimate of drug-likeness (QED) is 0.673. The summed E-state index contributed by atoms with van der Waals surface area (Å²) in [4.78, 5) is 11.8. The zero-order chi connectivity index (χ0) is 17.4. The van der Waals surface area contributed by atoms with E-state index in [1.54, 1.807) is 12.1 Å². The van der Waals surface area contributed by atoms with Gasteiger partial charge in [-0.15, -0.1) is 0 Å². The van der Waals surface area contributed by atoms with Crippen molar-refractivity contribution in [3.05, 3.63) is 28.8 Å². The minimum absolute atomic E-state index is 0.00103. The topological polar surface area (TPSA) is 65.0 Å². The lowest BCUT2D eigenvalue weighted by atomic mass is 9.66. The highest BCUT2D eigenvalue weighted by atomic mass is 35.5.